The van der Waals surface area contributed by atoms with E-state index in [1.165, 1.54) is 5.56 Å². The topological polar surface area (TPSA) is 109 Å². The summed E-state index contributed by atoms with van der Waals surface area (Å²) in [6.07, 6.45) is 2.68. The second-order valence-corrected chi connectivity index (χ2v) is 8.35. The van der Waals surface area contributed by atoms with E-state index in [-0.39, 0.29) is 17.9 Å². The Labute approximate surface area is 184 Å². The number of nitrogens with two attached hydrogens (primary N) is 1. The quantitative estimate of drug-likeness (QED) is 0.520. The number of anilines is 1. The molecule has 7 nitrogen and oxygen atoms in total. The summed E-state index contributed by atoms with van der Waals surface area (Å²) < 4.78 is 0. The highest BCUT2D eigenvalue weighted by atomic mass is 16.2. The molecule has 1 aromatic heterocycles. The number of nitrogens with one attached hydrogen (secondary N) is 3. The average Bonchev–Trinajstić information content (AvgIpc) is 3.16. The number of rotatable bonds is 8. The van der Waals surface area contributed by atoms with Crippen molar-refractivity contribution in [3.63, 3.8) is 0 Å². The normalized spacial score (nSPS) is 21.5. The molecule has 0 bridgehead atoms. The van der Waals surface area contributed by atoms with Crippen molar-refractivity contribution in [3.05, 3.63) is 59.3 Å². The van der Waals surface area contributed by atoms with Crippen molar-refractivity contribution in [2.75, 3.05) is 5.73 Å². The number of carbonyl (C=O) groups excluding carboxylic acids is 2. The molecule has 1 aromatic carbocycles. The molecule has 1 saturated heterocycles. The predicted octanol–water partition coefficient (Wildman–Crippen LogP) is 2.09. The lowest BCUT2D eigenvalue weighted by atomic mass is 9.90. The van der Waals surface area contributed by atoms with Crippen molar-refractivity contribution >= 4 is 17.6 Å². The van der Waals surface area contributed by atoms with E-state index in [9.17, 15) is 9.59 Å². The Morgan fingerprint density at radius 1 is 1.23 bits per heavy atom. The highest BCUT2D eigenvalue weighted by molar-refractivity contribution is 5.89. The maximum atomic E-state index is 12.8. The van der Waals surface area contributed by atoms with Gasteiger partial charge in [0, 0.05) is 18.3 Å². The number of hydrogen-bond acceptors (Lipinski definition) is 5. The van der Waals surface area contributed by atoms with Crippen molar-refractivity contribution in [2.45, 2.75) is 64.7 Å². The summed E-state index contributed by atoms with van der Waals surface area (Å²) in [5.41, 5.74) is 8.63. The van der Waals surface area contributed by atoms with E-state index in [4.69, 9.17) is 5.73 Å². The molecule has 0 saturated carbocycles. The van der Waals surface area contributed by atoms with Crippen LogP contribution in [0.5, 0.6) is 0 Å². The molecule has 5 N–H and O–H groups in total. The lowest BCUT2D eigenvalue weighted by Gasteiger charge is -2.18. The molecule has 0 aliphatic carbocycles. The Balaban J connectivity index is 1.51. The number of aromatic nitrogens is 1. The fourth-order valence-electron chi connectivity index (χ4n) is 4.22. The van der Waals surface area contributed by atoms with Gasteiger partial charge in [0.05, 0.1) is 6.04 Å². The van der Waals surface area contributed by atoms with Gasteiger partial charge in [-0.25, -0.2) is 4.98 Å². The minimum atomic E-state index is -0.621. The van der Waals surface area contributed by atoms with Gasteiger partial charge in [-0.05, 0) is 56.2 Å². The zero-order valence-electron chi connectivity index (χ0n) is 18.5. The summed E-state index contributed by atoms with van der Waals surface area (Å²) >= 11 is 0. The van der Waals surface area contributed by atoms with Gasteiger partial charge in [0.25, 0.3) is 0 Å². The summed E-state index contributed by atoms with van der Waals surface area (Å²) in [5.74, 6) is 0.499. The van der Waals surface area contributed by atoms with Gasteiger partial charge < -0.3 is 21.7 Å². The first-order chi connectivity index (χ1) is 14.9. The molecule has 2 aromatic rings. The molecule has 4 atom stereocenters. The molecule has 0 radical (unpaired) electrons. The maximum Gasteiger partial charge on any atom is 0.242 e. The van der Waals surface area contributed by atoms with Gasteiger partial charge >= 0.3 is 0 Å². The van der Waals surface area contributed by atoms with Crippen LogP contribution in [-0.2, 0) is 22.6 Å². The largest absolute Gasteiger partial charge is 0.384 e. The van der Waals surface area contributed by atoms with Crippen LogP contribution in [0.2, 0.25) is 0 Å². The van der Waals surface area contributed by atoms with Crippen LogP contribution >= 0.6 is 0 Å². The standard InChI is InChI=1S/C24H33N5O2/c1-4-20-19(12-17-8-6-5-7-9-17)13-21(29-20)24(31)28-16(3)23(30)26-14-18-10-11-22(25)27-15(18)2/h5-11,16,19-21,29H,4,12-14H2,1-3H3,(H2,25,27)(H,26,30)(H,28,31)/t16-,19-,20+,21+/m0/s1. The summed E-state index contributed by atoms with van der Waals surface area (Å²) in [4.78, 5) is 29.5. The molecule has 2 heterocycles. The average molecular weight is 424 g/mol. The smallest absolute Gasteiger partial charge is 0.242 e. The number of nitrogen functional groups attached to an aromatic ring is 1. The molecule has 31 heavy (non-hydrogen) atoms. The van der Waals surface area contributed by atoms with Crippen molar-refractivity contribution in [1.29, 1.82) is 0 Å². The molecule has 0 unspecified atom stereocenters. The molecule has 1 fully saturated rings. The number of carbonyl (C=O) groups is 2. The molecule has 0 spiro atoms. The van der Waals surface area contributed by atoms with Gasteiger partial charge in [-0.2, -0.15) is 0 Å². The van der Waals surface area contributed by atoms with E-state index in [1.807, 2.05) is 31.2 Å². The van der Waals surface area contributed by atoms with E-state index in [0.29, 0.717) is 24.3 Å². The lowest BCUT2D eigenvalue weighted by molar-refractivity contribution is -0.129. The zero-order valence-corrected chi connectivity index (χ0v) is 18.5. The van der Waals surface area contributed by atoms with E-state index in [1.54, 1.807) is 13.0 Å². The number of pyridine rings is 1. The Kier molecular flexibility index (Phi) is 7.63. The molecule has 2 amide bonds. The predicted molar refractivity (Wildman–Crippen MR) is 122 cm³/mol. The van der Waals surface area contributed by atoms with Crippen molar-refractivity contribution in [1.82, 2.24) is 20.9 Å². The Morgan fingerprint density at radius 3 is 2.65 bits per heavy atom. The van der Waals surface area contributed by atoms with E-state index < -0.39 is 6.04 Å². The van der Waals surface area contributed by atoms with Gasteiger partial charge in [0.1, 0.15) is 11.9 Å². The van der Waals surface area contributed by atoms with Crippen LogP contribution in [0.15, 0.2) is 42.5 Å². The van der Waals surface area contributed by atoms with Crippen LogP contribution in [-0.4, -0.2) is 34.9 Å². The molecule has 7 heteroatoms. The Bertz CT molecular complexity index is 902. The summed E-state index contributed by atoms with van der Waals surface area (Å²) in [6, 6.07) is 13.3. The number of aryl methyl sites for hydroxylation is 1. The molecule has 3 rings (SSSR count). The van der Waals surface area contributed by atoms with Gasteiger partial charge in [0.2, 0.25) is 11.8 Å². The molecular formula is C24H33N5O2. The highest BCUT2D eigenvalue weighted by Crippen LogP contribution is 2.26. The Morgan fingerprint density at radius 2 is 1.97 bits per heavy atom. The molecule has 1 aliphatic rings. The summed E-state index contributed by atoms with van der Waals surface area (Å²) in [6.45, 7) is 6.04. The van der Waals surface area contributed by atoms with E-state index in [2.05, 4.69) is 40.0 Å². The van der Waals surface area contributed by atoms with Crippen LogP contribution in [0.3, 0.4) is 0 Å². The SMILES string of the molecule is CC[C@H]1N[C@@H](C(=O)N[C@@H](C)C(=O)NCc2ccc(N)nc2C)C[C@@H]1Cc1ccccc1. The monoisotopic (exact) mass is 423 g/mol. The van der Waals surface area contributed by atoms with Crippen LogP contribution in [0, 0.1) is 12.8 Å². The third kappa shape index (κ3) is 6.04. The van der Waals surface area contributed by atoms with Gasteiger partial charge in [-0.1, -0.05) is 43.3 Å². The van der Waals surface area contributed by atoms with Gasteiger partial charge in [-0.15, -0.1) is 0 Å². The van der Waals surface area contributed by atoms with Crippen molar-refractivity contribution in [3.8, 4) is 0 Å². The summed E-state index contributed by atoms with van der Waals surface area (Å²) in [5, 5.41) is 9.18. The third-order valence-electron chi connectivity index (χ3n) is 6.04. The molecule has 1 aliphatic heterocycles. The number of nitrogens with zero attached hydrogens (tertiary/aromatic N) is 1. The first-order valence-electron chi connectivity index (χ1n) is 11.0. The minimum Gasteiger partial charge on any atom is -0.384 e. The van der Waals surface area contributed by atoms with Crippen LogP contribution in [0.1, 0.15) is 43.5 Å². The third-order valence-corrected chi connectivity index (χ3v) is 6.04. The van der Waals surface area contributed by atoms with Crippen LogP contribution in [0.4, 0.5) is 5.82 Å². The Hall–Kier alpha value is -2.93. The molecular weight excluding hydrogens is 390 g/mol. The van der Waals surface area contributed by atoms with Crippen molar-refractivity contribution < 1.29 is 9.59 Å². The van der Waals surface area contributed by atoms with Gasteiger partial charge in [0.15, 0.2) is 0 Å². The van der Waals surface area contributed by atoms with Gasteiger partial charge in [-0.3, -0.25) is 9.59 Å². The minimum absolute atomic E-state index is 0.123. The number of hydrogen-bond donors (Lipinski definition) is 4. The van der Waals surface area contributed by atoms with Crippen molar-refractivity contribution in [2.24, 2.45) is 5.92 Å². The zero-order chi connectivity index (χ0) is 22.4. The van der Waals surface area contributed by atoms with E-state index in [0.717, 1.165) is 30.5 Å². The maximum absolute atomic E-state index is 12.8. The fraction of sp³-hybridized carbons (Fsp3) is 0.458. The second-order valence-electron chi connectivity index (χ2n) is 8.35. The first kappa shape index (κ1) is 22.7. The number of amides is 2. The first-order valence-corrected chi connectivity index (χ1v) is 11.0. The summed E-state index contributed by atoms with van der Waals surface area (Å²) in [7, 11) is 0. The fourth-order valence-corrected chi connectivity index (χ4v) is 4.22. The molecule has 166 valence electrons. The van der Waals surface area contributed by atoms with Crippen LogP contribution < -0.4 is 21.7 Å². The van der Waals surface area contributed by atoms with Crippen LogP contribution in [0.25, 0.3) is 0 Å². The number of benzene rings is 1. The highest BCUT2D eigenvalue weighted by Gasteiger charge is 2.36. The second kappa shape index (κ2) is 10.4. The van der Waals surface area contributed by atoms with E-state index >= 15 is 0 Å². The lowest BCUT2D eigenvalue weighted by Crippen LogP contribution is -2.50.